The van der Waals surface area contributed by atoms with Crippen molar-refractivity contribution >= 4 is 10.9 Å². The second kappa shape index (κ2) is 5.88. The first-order chi connectivity index (χ1) is 12.3. The van der Waals surface area contributed by atoms with Crippen LogP contribution in [0.25, 0.3) is 22.2 Å². The third kappa shape index (κ3) is 2.61. The Bertz CT molecular complexity index is 843. The summed E-state index contributed by atoms with van der Waals surface area (Å²) in [6, 6.07) is 15.1. The van der Waals surface area contributed by atoms with E-state index in [1.165, 1.54) is 31.3 Å². The summed E-state index contributed by atoms with van der Waals surface area (Å²) >= 11 is 0. The van der Waals surface area contributed by atoms with Crippen LogP contribution in [0.15, 0.2) is 48.7 Å². The molecular weight excluding hydrogens is 310 g/mol. The van der Waals surface area contributed by atoms with E-state index in [1.54, 1.807) is 0 Å². The Morgan fingerprint density at radius 3 is 2.68 bits per heavy atom. The molecule has 3 aliphatic rings. The van der Waals surface area contributed by atoms with Gasteiger partial charge in [0.2, 0.25) is 5.88 Å². The molecule has 0 aliphatic carbocycles. The van der Waals surface area contributed by atoms with Gasteiger partial charge in [-0.1, -0.05) is 18.2 Å². The monoisotopic (exact) mass is 333 g/mol. The van der Waals surface area contributed by atoms with Gasteiger partial charge in [0, 0.05) is 40.5 Å². The van der Waals surface area contributed by atoms with Crippen LogP contribution in [0, 0.1) is 5.92 Å². The highest BCUT2D eigenvalue weighted by molar-refractivity contribution is 5.85. The molecule has 2 atom stereocenters. The lowest BCUT2D eigenvalue weighted by Crippen LogP contribution is -2.58. The second-order valence-electron chi connectivity index (χ2n) is 7.35. The minimum absolute atomic E-state index is 0.272. The molecular formula is C21H23N3O. The number of fused-ring (bicyclic) bond motifs is 4. The Labute approximate surface area is 147 Å². The Morgan fingerprint density at radius 2 is 1.96 bits per heavy atom. The summed E-state index contributed by atoms with van der Waals surface area (Å²) in [5.41, 5.74) is 3.33. The van der Waals surface area contributed by atoms with Crippen molar-refractivity contribution in [3.63, 3.8) is 0 Å². The molecule has 4 heteroatoms. The predicted molar refractivity (Wildman–Crippen MR) is 99.7 cm³/mol. The molecule has 3 aliphatic heterocycles. The van der Waals surface area contributed by atoms with Crippen LogP contribution in [0.2, 0.25) is 0 Å². The average molecular weight is 333 g/mol. The lowest BCUT2D eigenvalue weighted by molar-refractivity contribution is -0.0525. The van der Waals surface area contributed by atoms with Gasteiger partial charge in [-0.25, -0.2) is 4.98 Å². The molecule has 25 heavy (non-hydrogen) atoms. The summed E-state index contributed by atoms with van der Waals surface area (Å²) in [6.45, 7) is 4.73. The van der Waals surface area contributed by atoms with E-state index < -0.39 is 0 Å². The standard InChI is InChI=1S/C21H23N3O/c1-14-21(15-8-10-24(14)11-9-15)25-20-7-6-17(13-22-20)19-12-16-4-2-3-5-18(16)23-19/h2-7,12-15,21,23H,8-11H2,1H3/t14-,21-/m0/s1. The zero-order chi connectivity index (χ0) is 16.8. The van der Waals surface area contributed by atoms with Crippen molar-refractivity contribution in [1.82, 2.24) is 14.9 Å². The molecule has 0 amide bonds. The van der Waals surface area contributed by atoms with E-state index >= 15 is 0 Å². The molecule has 0 radical (unpaired) electrons. The number of hydrogen-bond donors (Lipinski definition) is 1. The van der Waals surface area contributed by atoms with Crippen molar-refractivity contribution in [2.75, 3.05) is 13.1 Å². The van der Waals surface area contributed by atoms with Crippen molar-refractivity contribution in [2.24, 2.45) is 5.92 Å². The number of hydrogen-bond acceptors (Lipinski definition) is 3. The molecule has 3 fully saturated rings. The van der Waals surface area contributed by atoms with Crippen LogP contribution in [-0.2, 0) is 0 Å². The zero-order valence-electron chi connectivity index (χ0n) is 14.5. The maximum Gasteiger partial charge on any atom is 0.213 e. The smallest absolute Gasteiger partial charge is 0.213 e. The van der Waals surface area contributed by atoms with Gasteiger partial charge in [0.25, 0.3) is 0 Å². The van der Waals surface area contributed by atoms with E-state index in [9.17, 15) is 0 Å². The molecule has 0 unspecified atom stereocenters. The number of H-pyrrole nitrogens is 1. The highest BCUT2D eigenvalue weighted by Gasteiger charge is 2.41. The van der Waals surface area contributed by atoms with E-state index in [-0.39, 0.29) is 6.10 Å². The van der Waals surface area contributed by atoms with Gasteiger partial charge in [-0.05, 0) is 57.0 Å². The number of piperidine rings is 3. The number of rotatable bonds is 3. The minimum Gasteiger partial charge on any atom is -0.472 e. The summed E-state index contributed by atoms with van der Waals surface area (Å²) in [5, 5.41) is 1.22. The molecule has 3 saturated heterocycles. The molecule has 0 saturated carbocycles. The molecule has 0 spiro atoms. The summed E-state index contributed by atoms with van der Waals surface area (Å²) < 4.78 is 6.29. The third-order valence-electron chi connectivity index (χ3n) is 5.92. The molecule has 4 nitrogen and oxygen atoms in total. The fraction of sp³-hybridized carbons (Fsp3) is 0.381. The summed E-state index contributed by atoms with van der Waals surface area (Å²) in [4.78, 5) is 10.6. The van der Waals surface area contributed by atoms with E-state index in [4.69, 9.17) is 4.74 Å². The second-order valence-corrected chi connectivity index (χ2v) is 7.35. The number of nitrogens with one attached hydrogen (secondary N) is 1. The SMILES string of the molecule is C[C@H]1[C@H](Oc2ccc(-c3cc4ccccc4[nH]3)cn2)C2CCN1CC2. The first kappa shape index (κ1) is 15.0. The van der Waals surface area contributed by atoms with Crippen LogP contribution >= 0.6 is 0 Å². The van der Waals surface area contributed by atoms with E-state index in [1.807, 2.05) is 18.3 Å². The molecule has 1 aromatic carbocycles. The van der Waals surface area contributed by atoms with Gasteiger partial charge in [-0.3, -0.25) is 4.90 Å². The Morgan fingerprint density at radius 1 is 1.12 bits per heavy atom. The Balaban J connectivity index is 1.36. The number of para-hydroxylation sites is 1. The highest BCUT2D eigenvalue weighted by Crippen LogP contribution is 2.34. The summed E-state index contributed by atoms with van der Waals surface area (Å²) in [5.74, 6) is 1.42. The number of ether oxygens (including phenoxy) is 1. The van der Waals surface area contributed by atoms with E-state index in [2.05, 4.69) is 52.1 Å². The predicted octanol–water partition coefficient (Wildman–Crippen LogP) is 4.09. The third-order valence-corrected chi connectivity index (χ3v) is 5.92. The number of nitrogens with zero attached hydrogens (tertiary/aromatic N) is 2. The van der Waals surface area contributed by atoms with Crippen molar-refractivity contribution < 1.29 is 4.74 Å². The van der Waals surface area contributed by atoms with Crippen LogP contribution in [-0.4, -0.2) is 40.1 Å². The van der Waals surface area contributed by atoms with Crippen molar-refractivity contribution in [3.8, 4) is 17.1 Å². The van der Waals surface area contributed by atoms with E-state index in [0.29, 0.717) is 12.0 Å². The van der Waals surface area contributed by atoms with Crippen molar-refractivity contribution in [3.05, 3.63) is 48.7 Å². The first-order valence-corrected chi connectivity index (χ1v) is 9.23. The fourth-order valence-electron chi connectivity index (χ4n) is 4.43. The molecule has 2 aromatic heterocycles. The Kier molecular flexibility index (Phi) is 3.52. The molecule has 2 bridgehead atoms. The van der Waals surface area contributed by atoms with Gasteiger partial charge in [-0.2, -0.15) is 0 Å². The number of benzene rings is 1. The molecule has 6 rings (SSSR count). The number of pyridine rings is 1. The van der Waals surface area contributed by atoms with Gasteiger partial charge < -0.3 is 9.72 Å². The maximum absolute atomic E-state index is 6.29. The fourth-order valence-corrected chi connectivity index (χ4v) is 4.43. The van der Waals surface area contributed by atoms with Crippen molar-refractivity contribution in [1.29, 1.82) is 0 Å². The molecule has 3 aromatic rings. The van der Waals surface area contributed by atoms with Crippen molar-refractivity contribution in [2.45, 2.75) is 31.9 Å². The highest BCUT2D eigenvalue weighted by atomic mass is 16.5. The first-order valence-electron chi connectivity index (χ1n) is 9.23. The zero-order valence-corrected chi connectivity index (χ0v) is 14.5. The lowest BCUT2D eigenvalue weighted by Gasteiger charge is -2.49. The topological polar surface area (TPSA) is 41.1 Å². The van der Waals surface area contributed by atoms with Crippen LogP contribution in [0.5, 0.6) is 5.88 Å². The summed E-state index contributed by atoms with van der Waals surface area (Å²) in [7, 11) is 0. The number of aromatic nitrogens is 2. The van der Waals surface area contributed by atoms with Gasteiger partial charge in [0.1, 0.15) is 6.10 Å². The lowest BCUT2D eigenvalue weighted by atomic mass is 9.81. The van der Waals surface area contributed by atoms with Crippen LogP contribution in [0.1, 0.15) is 19.8 Å². The van der Waals surface area contributed by atoms with Gasteiger partial charge in [-0.15, -0.1) is 0 Å². The van der Waals surface area contributed by atoms with E-state index in [0.717, 1.165) is 22.7 Å². The molecule has 5 heterocycles. The molecule has 1 N–H and O–H groups in total. The van der Waals surface area contributed by atoms with Crippen LogP contribution in [0.3, 0.4) is 0 Å². The summed E-state index contributed by atoms with van der Waals surface area (Å²) in [6.07, 6.45) is 4.69. The number of aromatic amines is 1. The van der Waals surface area contributed by atoms with Gasteiger partial charge >= 0.3 is 0 Å². The largest absolute Gasteiger partial charge is 0.472 e. The maximum atomic E-state index is 6.29. The quantitative estimate of drug-likeness (QED) is 0.785. The average Bonchev–Trinajstić information content (AvgIpc) is 3.10. The minimum atomic E-state index is 0.272. The van der Waals surface area contributed by atoms with Crippen LogP contribution < -0.4 is 4.74 Å². The normalized spacial score (nSPS) is 28.4. The van der Waals surface area contributed by atoms with Crippen LogP contribution in [0.4, 0.5) is 0 Å². The van der Waals surface area contributed by atoms with Gasteiger partial charge in [0.15, 0.2) is 0 Å². The van der Waals surface area contributed by atoms with Gasteiger partial charge in [0.05, 0.1) is 0 Å². The molecule has 128 valence electrons. The Hall–Kier alpha value is -2.33.